The van der Waals surface area contributed by atoms with Gasteiger partial charge < -0.3 is 9.05 Å². The van der Waals surface area contributed by atoms with Crippen LogP contribution < -0.4 is 0 Å². The van der Waals surface area contributed by atoms with Crippen LogP contribution >= 0.6 is 9.03 Å². The molecule has 1 heterocycles. The second-order valence-electron chi connectivity index (χ2n) is 1.09. The van der Waals surface area contributed by atoms with Gasteiger partial charge in [-0.05, 0) is 6.42 Å². The average molecular weight is 105 g/mol. The van der Waals surface area contributed by atoms with Crippen molar-refractivity contribution in [3.8, 4) is 0 Å². The Bertz CT molecular complexity index is 24.3. The van der Waals surface area contributed by atoms with Crippen molar-refractivity contribution >= 4 is 9.03 Å². The Labute approximate surface area is 38.8 Å². The van der Waals surface area contributed by atoms with E-state index in [2.05, 4.69) is 0 Å². The quantitative estimate of drug-likeness (QED) is 0.431. The molecular weight excluding hydrogens is 99.0 g/mol. The van der Waals surface area contributed by atoms with Gasteiger partial charge in [0.25, 0.3) is 9.03 Å². The number of hydrogen-bond donors (Lipinski definition) is 0. The van der Waals surface area contributed by atoms with Gasteiger partial charge in [0.15, 0.2) is 0 Å². The van der Waals surface area contributed by atoms with Crippen molar-refractivity contribution in [2.75, 3.05) is 13.2 Å². The third-order valence-electron chi connectivity index (χ3n) is 0.577. The van der Waals surface area contributed by atoms with Crippen LogP contribution in [-0.2, 0) is 9.05 Å². The van der Waals surface area contributed by atoms with E-state index >= 15 is 0 Å². The second-order valence-corrected chi connectivity index (χ2v) is 1.76. The molecule has 1 saturated heterocycles. The first-order valence-electron chi connectivity index (χ1n) is 1.94. The zero-order valence-corrected chi connectivity index (χ0v) is 4.28. The highest BCUT2D eigenvalue weighted by Crippen LogP contribution is 2.18. The number of rotatable bonds is 0. The summed E-state index contributed by atoms with van der Waals surface area (Å²) in [6.07, 6.45) is 1.05. The molecule has 3 heteroatoms. The Morgan fingerprint density at radius 1 is 1.17 bits per heavy atom. The zero-order chi connectivity index (χ0) is 4.24. The topological polar surface area (TPSA) is 18.5 Å². The van der Waals surface area contributed by atoms with Gasteiger partial charge in [-0.1, -0.05) is 0 Å². The molecule has 0 aromatic rings. The van der Waals surface area contributed by atoms with E-state index < -0.39 is 0 Å². The minimum Gasteiger partial charge on any atom is -0.327 e. The predicted molar refractivity (Wildman–Crippen MR) is 23.4 cm³/mol. The van der Waals surface area contributed by atoms with Gasteiger partial charge in [-0.15, -0.1) is 0 Å². The maximum Gasteiger partial charge on any atom is 0.256 e. The van der Waals surface area contributed by atoms with Crippen LogP contribution in [0.1, 0.15) is 6.42 Å². The lowest BCUT2D eigenvalue weighted by Crippen LogP contribution is -1.98. The van der Waals surface area contributed by atoms with Crippen LogP contribution in [0.2, 0.25) is 0 Å². The molecule has 0 aromatic carbocycles. The Hall–Kier alpha value is 0.350. The molecule has 6 heavy (non-hydrogen) atoms. The van der Waals surface area contributed by atoms with Gasteiger partial charge in [0.1, 0.15) is 0 Å². The minimum atomic E-state index is 0.698. The SMILES string of the molecule is C1CO[P]OC1. The van der Waals surface area contributed by atoms with E-state index in [1.165, 1.54) is 0 Å². The molecule has 0 amide bonds. The van der Waals surface area contributed by atoms with Gasteiger partial charge in [-0.3, -0.25) is 0 Å². The second kappa shape index (κ2) is 2.51. The monoisotopic (exact) mass is 105 g/mol. The van der Waals surface area contributed by atoms with Gasteiger partial charge >= 0.3 is 0 Å². The van der Waals surface area contributed by atoms with Crippen LogP contribution in [0.3, 0.4) is 0 Å². The fourth-order valence-corrected chi connectivity index (χ4v) is 0.782. The van der Waals surface area contributed by atoms with Crippen LogP contribution in [0.5, 0.6) is 0 Å². The molecule has 35 valence electrons. The van der Waals surface area contributed by atoms with E-state index in [0.29, 0.717) is 9.03 Å². The molecule has 0 aliphatic carbocycles. The third-order valence-corrected chi connectivity index (χ3v) is 1.15. The molecule has 0 bridgehead atoms. The molecule has 0 spiro atoms. The number of hydrogen-bond acceptors (Lipinski definition) is 2. The highest BCUT2D eigenvalue weighted by molar-refractivity contribution is 7.26. The first kappa shape index (κ1) is 4.51. The van der Waals surface area contributed by atoms with Crippen molar-refractivity contribution in [2.45, 2.75) is 6.42 Å². The van der Waals surface area contributed by atoms with Crippen LogP contribution in [0.4, 0.5) is 0 Å². The summed E-state index contributed by atoms with van der Waals surface area (Å²) >= 11 is 0. The fourth-order valence-electron chi connectivity index (χ4n) is 0.300. The molecule has 0 atom stereocenters. The largest absolute Gasteiger partial charge is 0.327 e. The van der Waals surface area contributed by atoms with Crippen molar-refractivity contribution < 1.29 is 9.05 Å². The molecule has 0 aromatic heterocycles. The Kier molecular flexibility index (Phi) is 1.89. The van der Waals surface area contributed by atoms with Crippen LogP contribution in [0, 0.1) is 0 Å². The summed E-state index contributed by atoms with van der Waals surface area (Å²) in [5.74, 6) is 0. The van der Waals surface area contributed by atoms with Crippen LogP contribution in [-0.4, -0.2) is 13.2 Å². The molecule has 1 radical (unpaired) electrons. The highest BCUT2D eigenvalue weighted by atomic mass is 31.1. The maximum atomic E-state index is 4.82. The van der Waals surface area contributed by atoms with E-state index in [-0.39, 0.29) is 0 Å². The van der Waals surface area contributed by atoms with Crippen molar-refractivity contribution in [2.24, 2.45) is 0 Å². The van der Waals surface area contributed by atoms with Crippen molar-refractivity contribution in [3.05, 3.63) is 0 Å². The zero-order valence-electron chi connectivity index (χ0n) is 3.39. The van der Waals surface area contributed by atoms with Crippen LogP contribution in [0.15, 0.2) is 0 Å². The molecule has 0 N–H and O–H groups in total. The van der Waals surface area contributed by atoms with Crippen molar-refractivity contribution in [1.82, 2.24) is 0 Å². The van der Waals surface area contributed by atoms with Gasteiger partial charge in [0, 0.05) is 0 Å². The van der Waals surface area contributed by atoms with E-state index in [1.807, 2.05) is 0 Å². The maximum absolute atomic E-state index is 4.82. The standard InChI is InChI=1S/C3H6O2P/c1-2-4-6-5-3-1/h1-3H2. The molecule has 0 saturated carbocycles. The van der Waals surface area contributed by atoms with Crippen molar-refractivity contribution in [3.63, 3.8) is 0 Å². The van der Waals surface area contributed by atoms with E-state index in [9.17, 15) is 0 Å². The molecule has 1 aliphatic rings. The summed E-state index contributed by atoms with van der Waals surface area (Å²) in [6, 6.07) is 0. The van der Waals surface area contributed by atoms with Crippen molar-refractivity contribution in [1.29, 1.82) is 0 Å². The van der Waals surface area contributed by atoms with Gasteiger partial charge in [0.2, 0.25) is 0 Å². The van der Waals surface area contributed by atoms with Gasteiger partial charge in [-0.2, -0.15) is 0 Å². The third kappa shape index (κ3) is 1.21. The fraction of sp³-hybridized carbons (Fsp3) is 1.00. The molecule has 1 rings (SSSR count). The van der Waals surface area contributed by atoms with E-state index in [4.69, 9.17) is 9.05 Å². The molecule has 2 nitrogen and oxygen atoms in total. The normalized spacial score (nSPS) is 24.0. The summed E-state index contributed by atoms with van der Waals surface area (Å²) in [5, 5.41) is 0. The molecular formula is C3H6O2P. The molecule has 1 fully saturated rings. The Morgan fingerprint density at radius 3 is 2.00 bits per heavy atom. The summed E-state index contributed by atoms with van der Waals surface area (Å²) in [4.78, 5) is 0. The molecule has 1 aliphatic heterocycles. The van der Waals surface area contributed by atoms with E-state index in [1.54, 1.807) is 0 Å². The summed E-state index contributed by atoms with van der Waals surface area (Å²) < 4.78 is 9.64. The lowest BCUT2D eigenvalue weighted by Gasteiger charge is -2.06. The minimum absolute atomic E-state index is 0.698. The Balaban J connectivity index is 2.00. The summed E-state index contributed by atoms with van der Waals surface area (Å²) in [7, 11) is 0.698. The first-order chi connectivity index (χ1) is 3.00. The van der Waals surface area contributed by atoms with Crippen LogP contribution in [0.25, 0.3) is 0 Å². The summed E-state index contributed by atoms with van der Waals surface area (Å²) in [5.41, 5.74) is 0. The van der Waals surface area contributed by atoms with Gasteiger partial charge in [-0.25, -0.2) is 0 Å². The summed E-state index contributed by atoms with van der Waals surface area (Å²) in [6.45, 7) is 1.73. The predicted octanol–water partition coefficient (Wildman–Crippen LogP) is 1.20. The average Bonchev–Trinajstić information content (AvgIpc) is 1.72. The first-order valence-corrected chi connectivity index (χ1v) is 2.67. The van der Waals surface area contributed by atoms with Gasteiger partial charge in [0.05, 0.1) is 13.2 Å². The van der Waals surface area contributed by atoms with E-state index in [0.717, 1.165) is 19.6 Å². The lowest BCUT2D eigenvalue weighted by atomic mass is 10.5. The Morgan fingerprint density at radius 2 is 1.83 bits per heavy atom. The lowest BCUT2D eigenvalue weighted by molar-refractivity contribution is 0.197. The molecule has 0 unspecified atom stereocenters. The smallest absolute Gasteiger partial charge is 0.256 e. The highest BCUT2D eigenvalue weighted by Gasteiger charge is 1.97.